The van der Waals surface area contributed by atoms with Gasteiger partial charge in [-0.1, -0.05) is 18.2 Å². The van der Waals surface area contributed by atoms with Gasteiger partial charge in [0.1, 0.15) is 18.5 Å². The second kappa shape index (κ2) is 7.44. The van der Waals surface area contributed by atoms with E-state index in [1.54, 1.807) is 25.1 Å². The van der Waals surface area contributed by atoms with Crippen LogP contribution in [0, 0.1) is 13.8 Å². The number of hydrogen-bond acceptors (Lipinski definition) is 8. The van der Waals surface area contributed by atoms with Gasteiger partial charge in [0.15, 0.2) is 6.23 Å². The topological polar surface area (TPSA) is 129 Å². The normalized spacial score (nSPS) is 30.7. The first-order chi connectivity index (χ1) is 14.1. The molecule has 2 aliphatic rings. The van der Waals surface area contributed by atoms with Gasteiger partial charge in [-0.2, -0.15) is 0 Å². The van der Waals surface area contributed by atoms with Crippen molar-refractivity contribution in [1.82, 2.24) is 9.55 Å². The zero-order chi connectivity index (χ0) is 21.7. The minimum absolute atomic E-state index is 0.0360. The lowest BCUT2D eigenvalue weighted by Gasteiger charge is -2.28. The van der Waals surface area contributed by atoms with E-state index in [9.17, 15) is 19.3 Å². The Morgan fingerprint density at radius 2 is 2.13 bits per heavy atom. The van der Waals surface area contributed by atoms with E-state index in [2.05, 4.69) is 4.98 Å². The molecule has 2 aromatic rings. The molecule has 4 atom stereocenters. The number of ether oxygens (including phenoxy) is 1. The van der Waals surface area contributed by atoms with Crippen molar-refractivity contribution in [3.8, 4) is 5.75 Å². The van der Waals surface area contributed by atoms with Gasteiger partial charge >= 0.3 is 13.5 Å². The molecule has 2 aliphatic heterocycles. The zero-order valence-corrected chi connectivity index (χ0v) is 17.1. The van der Waals surface area contributed by atoms with E-state index in [0.29, 0.717) is 11.3 Å². The van der Waals surface area contributed by atoms with Crippen LogP contribution in [0.3, 0.4) is 0 Å². The summed E-state index contributed by atoms with van der Waals surface area (Å²) in [6.45, 7) is 2.31. The molecule has 1 aromatic heterocycles. The number of nitrogens with one attached hydrogen (secondary N) is 1. The smallest absolute Gasteiger partial charge is 0.403 e. The van der Waals surface area contributed by atoms with E-state index in [1.807, 2.05) is 0 Å². The summed E-state index contributed by atoms with van der Waals surface area (Å²) in [7, 11) is -4.12. The van der Waals surface area contributed by atoms with Gasteiger partial charge in [-0.15, -0.1) is 0 Å². The predicted octanol–water partition coefficient (Wildman–Crippen LogP) is 1.83. The molecule has 0 saturated carbocycles. The van der Waals surface area contributed by atoms with E-state index in [0.717, 1.165) is 16.3 Å². The van der Waals surface area contributed by atoms with Crippen molar-refractivity contribution in [1.29, 1.82) is 0 Å². The largest absolute Gasteiger partial charge is 0.530 e. The molecule has 30 heavy (non-hydrogen) atoms. The summed E-state index contributed by atoms with van der Waals surface area (Å²) in [6, 6.07) is 5.30. The Bertz CT molecular complexity index is 1150. The number of fused-ring (bicyclic) bond motifs is 1. The molecule has 0 spiro atoms. The maximum absolute atomic E-state index is 15.2. The number of H-pyrrole nitrogens is 1. The summed E-state index contributed by atoms with van der Waals surface area (Å²) in [6.07, 6.45) is -2.22. The van der Waals surface area contributed by atoms with E-state index in [1.165, 1.54) is 6.92 Å². The van der Waals surface area contributed by atoms with Crippen LogP contribution in [0.4, 0.5) is 4.39 Å². The lowest BCUT2D eigenvalue weighted by Crippen LogP contribution is -2.37. The highest BCUT2D eigenvalue weighted by molar-refractivity contribution is 7.49. The third-order valence-corrected chi connectivity index (χ3v) is 6.20. The predicted molar refractivity (Wildman–Crippen MR) is 101 cm³/mol. The van der Waals surface area contributed by atoms with E-state index >= 15 is 4.39 Å². The Morgan fingerprint density at radius 3 is 2.90 bits per heavy atom. The van der Waals surface area contributed by atoms with Gasteiger partial charge in [-0.3, -0.25) is 23.4 Å². The maximum Gasteiger partial charge on any atom is 0.530 e. The number of aromatic nitrogens is 2. The molecule has 4 rings (SSSR count). The van der Waals surface area contributed by atoms with Gasteiger partial charge in [0, 0.05) is 23.7 Å². The van der Waals surface area contributed by atoms with Gasteiger partial charge in [-0.05, 0) is 19.4 Å². The summed E-state index contributed by atoms with van der Waals surface area (Å²) in [5.74, 6) is -2.22. The van der Waals surface area contributed by atoms with Gasteiger partial charge < -0.3 is 14.4 Å². The van der Waals surface area contributed by atoms with Crippen LogP contribution in [0.1, 0.15) is 29.3 Å². The molecule has 3 heterocycles. The summed E-state index contributed by atoms with van der Waals surface area (Å²) in [5.41, 5.74) is 0.119. The lowest BCUT2D eigenvalue weighted by atomic mass is 10.1. The van der Waals surface area contributed by atoms with E-state index in [4.69, 9.17) is 18.3 Å². The molecule has 0 aliphatic carbocycles. The molecule has 0 bridgehead atoms. The van der Waals surface area contributed by atoms with Gasteiger partial charge in [-0.25, -0.2) is 13.8 Å². The quantitative estimate of drug-likeness (QED) is 0.687. The number of nitrogens with zero attached hydrogens (tertiary/aromatic N) is 1. The number of rotatable bonds is 4. The lowest BCUT2D eigenvalue weighted by molar-refractivity contribution is -0.179. The van der Waals surface area contributed by atoms with Crippen LogP contribution in [0.2, 0.25) is 0 Å². The Labute approximate surface area is 169 Å². The highest BCUT2D eigenvalue weighted by Gasteiger charge is 2.50. The van der Waals surface area contributed by atoms with Crippen LogP contribution >= 0.6 is 7.82 Å². The first-order valence-electron chi connectivity index (χ1n) is 9.13. The molecule has 0 amide bonds. The number of hydrogen-bond donors (Lipinski definition) is 2. The molecular weight excluding hydrogens is 422 g/mol. The Balaban J connectivity index is 1.49. The third-order valence-electron chi connectivity index (χ3n) is 4.91. The fraction of sp³-hybridized carbons (Fsp3) is 0.444. The number of aromatic amines is 1. The van der Waals surface area contributed by atoms with Crippen molar-refractivity contribution in [3.05, 3.63) is 61.9 Å². The average molecular weight is 442 g/mol. The fourth-order valence-electron chi connectivity index (χ4n) is 3.35. The van der Waals surface area contributed by atoms with Crippen LogP contribution in [-0.2, 0) is 25.0 Å². The highest BCUT2D eigenvalue weighted by Crippen LogP contribution is 2.56. The maximum atomic E-state index is 15.2. The molecule has 162 valence electrons. The van der Waals surface area contributed by atoms with Crippen LogP contribution in [0.5, 0.6) is 5.75 Å². The van der Waals surface area contributed by atoms with Crippen molar-refractivity contribution in [2.45, 2.75) is 45.1 Å². The molecule has 1 fully saturated rings. The van der Waals surface area contributed by atoms with E-state index in [-0.39, 0.29) is 12.2 Å². The number of halogens is 1. The first kappa shape index (κ1) is 21.0. The molecule has 1 unspecified atom stereocenters. The van der Waals surface area contributed by atoms with Crippen LogP contribution < -0.4 is 15.8 Å². The zero-order valence-electron chi connectivity index (χ0n) is 16.2. The number of phosphoric acid groups is 1. The highest BCUT2D eigenvalue weighted by atomic mass is 31.2. The third kappa shape index (κ3) is 3.86. The van der Waals surface area contributed by atoms with Gasteiger partial charge in [0.25, 0.3) is 5.56 Å². The summed E-state index contributed by atoms with van der Waals surface area (Å²) in [4.78, 5) is 25.6. The Morgan fingerprint density at radius 1 is 1.37 bits per heavy atom. The summed E-state index contributed by atoms with van der Waals surface area (Å²) in [5, 5.41) is 10.2. The second-order valence-corrected chi connectivity index (χ2v) is 8.88. The number of aliphatic hydroxyl groups excluding tert-OH is 1. The SMILES string of the molecule is Cc1cccc2c1OP(=O)(OC[C@]1(F)C[C@@H](O)[C@H](n3cc(C)c(=O)[nH]c3=O)O1)OC2. The van der Waals surface area contributed by atoms with Crippen LogP contribution in [0.15, 0.2) is 34.0 Å². The summed E-state index contributed by atoms with van der Waals surface area (Å²) >= 11 is 0. The molecule has 1 saturated heterocycles. The monoisotopic (exact) mass is 442 g/mol. The average Bonchev–Trinajstić information content (AvgIpc) is 2.99. The van der Waals surface area contributed by atoms with Crippen molar-refractivity contribution in [2.75, 3.05) is 6.61 Å². The van der Waals surface area contributed by atoms with Gasteiger partial charge in [0.05, 0.1) is 6.61 Å². The molecule has 10 nitrogen and oxygen atoms in total. The number of benzene rings is 1. The molecule has 0 radical (unpaired) electrons. The number of alkyl halides is 1. The van der Waals surface area contributed by atoms with Gasteiger partial charge in [0.2, 0.25) is 5.85 Å². The fourth-order valence-corrected chi connectivity index (χ4v) is 4.66. The second-order valence-electron chi connectivity index (χ2n) is 7.29. The molecule has 12 heteroatoms. The number of aliphatic hydroxyl groups is 1. The molecule has 2 N–H and O–H groups in total. The minimum atomic E-state index is -4.12. The van der Waals surface area contributed by atoms with E-state index < -0.39 is 50.3 Å². The Kier molecular flexibility index (Phi) is 5.19. The number of phosphoric ester groups is 1. The van der Waals surface area contributed by atoms with Crippen molar-refractivity contribution in [2.24, 2.45) is 0 Å². The van der Waals surface area contributed by atoms with Crippen LogP contribution in [-0.4, -0.2) is 33.2 Å². The first-order valence-corrected chi connectivity index (χ1v) is 10.6. The van der Waals surface area contributed by atoms with Crippen molar-refractivity contribution < 1.29 is 32.4 Å². The van der Waals surface area contributed by atoms with Crippen molar-refractivity contribution in [3.63, 3.8) is 0 Å². The molecular formula is C18H20FN2O8P. The minimum Gasteiger partial charge on any atom is -0.403 e. The van der Waals surface area contributed by atoms with Crippen molar-refractivity contribution >= 4 is 7.82 Å². The number of aryl methyl sites for hydroxylation is 2. The summed E-state index contributed by atoms with van der Waals surface area (Å²) < 4.78 is 49.7. The number of para-hydroxylation sites is 1. The Hall–Kier alpha value is -2.30. The van der Waals surface area contributed by atoms with Crippen LogP contribution in [0.25, 0.3) is 0 Å². The standard InChI is InChI=1S/C18H20FN2O8P/c1-10-4-3-5-12-8-26-30(25,29-14(10)12)27-9-18(19)6-13(22)16(28-18)21-7-11(2)15(23)20-17(21)24/h3-5,7,13,16,22H,6,8-9H2,1-2H3,(H,20,23,24)/t13-,16-,18+,30?/m1/s1. The molecule has 1 aromatic carbocycles.